The Kier molecular flexibility index (Phi) is 4.18. The van der Waals surface area contributed by atoms with Crippen LogP contribution in [0, 0.1) is 17.8 Å². The zero-order valence-electron chi connectivity index (χ0n) is 15.0. The van der Waals surface area contributed by atoms with Crippen molar-refractivity contribution in [3.8, 4) is 11.8 Å². The summed E-state index contributed by atoms with van der Waals surface area (Å²) in [6.07, 6.45) is 5.91. The quantitative estimate of drug-likeness (QED) is 0.794. The Morgan fingerprint density at radius 1 is 1.04 bits per heavy atom. The molecule has 0 amide bonds. The monoisotopic (exact) mass is 330 g/mol. The van der Waals surface area contributed by atoms with Crippen LogP contribution < -0.4 is 0 Å². The first-order valence-corrected chi connectivity index (χ1v) is 9.44. The highest BCUT2D eigenvalue weighted by Gasteiger charge is 2.51. The molecular weight excluding hydrogens is 304 g/mol. The molecule has 0 saturated heterocycles. The second-order valence-corrected chi connectivity index (χ2v) is 7.82. The predicted octanol–water partition coefficient (Wildman–Crippen LogP) is 4.67. The number of fused-ring (bicyclic) bond motifs is 3. The third-order valence-corrected chi connectivity index (χ3v) is 6.39. The molecule has 0 aromatic heterocycles. The molecule has 1 N–H and O–H groups in total. The molecule has 0 unspecified atom stereocenters. The molecule has 2 aliphatic rings. The molecule has 0 heterocycles. The Morgan fingerprint density at radius 3 is 2.60 bits per heavy atom. The molecule has 0 bridgehead atoms. The fraction of sp³-hybridized carbons (Fsp3) is 0.417. The number of rotatable bonds is 2. The zero-order chi connectivity index (χ0) is 17.3. The summed E-state index contributed by atoms with van der Waals surface area (Å²) in [6, 6.07) is 19.8. The molecule has 2 aromatic rings. The van der Waals surface area contributed by atoms with Crippen molar-refractivity contribution in [3.05, 3.63) is 71.3 Å². The standard InChI is InChI=1S/C24H26O/c1-2-14-23(25)15-16-24(17-19-8-4-3-5-9-19)21(18-23)13-12-20-10-6-7-11-22(20)24/h3-11,21,25H,12-13,15-18H2,1H3/t21-,23-,24+/m1/s1. The van der Waals surface area contributed by atoms with E-state index in [0.29, 0.717) is 5.92 Å². The van der Waals surface area contributed by atoms with Gasteiger partial charge in [-0.25, -0.2) is 0 Å². The lowest BCUT2D eigenvalue weighted by molar-refractivity contribution is -0.00801. The van der Waals surface area contributed by atoms with Gasteiger partial charge in [0.05, 0.1) is 0 Å². The van der Waals surface area contributed by atoms with Crippen molar-refractivity contribution in [2.75, 3.05) is 0 Å². The van der Waals surface area contributed by atoms with E-state index < -0.39 is 5.60 Å². The van der Waals surface area contributed by atoms with Crippen LogP contribution in [0.2, 0.25) is 0 Å². The van der Waals surface area contributed by atoms with E-state index in [1.54, 1.807) is 0 Å². The number of hydrogen-bond donors (Lipinski definition) is 1. The first-order chi connectivity index (χ1) is 12.2. The van der Waals surface area contributed by atoms with Gasteiger partial charge in [0.15, 0.2) is 0 Å². The van der Waals surface area contributed by atoms with Gasteiger partial charge in [-0.05, 0) is 68.1 Å². The normalized spacial score (nSPS) is 30.6. The summed E-state index contributed by atoms with van der Waals surface area (Å²) in [5.41, 5.74) is 3.75. The largest absolute Gasteiger partial charge is 0.378 e. The van der Waals surface area contributed by atoms with Gasteiger partial charge in [0.2, 0.25) is 0 Å². The second kappa shape index (κ2) is 6.36. The zero-order valence-corrected chi connectivity index (χ0v) is 15.0. The average molecular weight is 330 g/mol. The highest BCUT2D eigenvalue weighted by molar-refractivity contribution is 5.41. The summed E-state index contributed by atoms with van der Waals surface area (Å²) in [5, 5.41) is 11.0. The van der Waals surface area contributed by atoms with E-state index >= 15 is 0 Å². The third-order valence-electron chi connectivity index (χ3n) is 6.39. The van der Waals surface area contributed by atoms with Crippen LogP contribution in [0.5, 0.6) is 0 Å². The summed E-state index contributed by atoms with van der Waals surface area (Å²) in [7, 11) is 0. The number of benzene rings is 2. The van der Waals surface area contributed by atoms with E-state index in [2.05, 4.69) is 66.4 Å². The molecule has 4 rings (SSSR count). The first-order valence-electron chi connectivity index (χ1n) is 9.44. The van der Waals surface area contributed by atoms with Crippen LogP contribution >= 0.6 is 0 Å². The van der Waals surface area contributed by atoms with E-state index in [1.807, 2.05) is 6.92 Å². The molecule has 1 saturated carbocycles. The fourth-order valence-corrected chi connectivity index (χ4v) is 5.26. The SMILES string of the molecule is CC#C[C@@]1(O)CC[C@@]2(Cc3ccccc3)c3ccccc3CC[C@@H]2C1. The molecule has 2 aliphatic carbocycles. The molecule has 1 fully saturated rings. The topological polar surface area (TPSA) is 20.2 Å². The number of aryl methyl sites for hydroxylation is 1. The van der Waals surface area contributed by atoms with Crippen LogP contribution in [0.25, 0.3) is 0 Å². The van der Waals surface area contributed by atoms with E-state index in [9.17, 15) is 5.11 Å². The van der Waals surface area contributed by atoms with Crippen molar-refractivity contribution < 1.29 is 5.11 Å². The Labute approximate surface area is 151 Å². The smallest absolute Gasteiger partial charge is 0.125 e. The van der Waals surface area contributed by atoms with Gasteiger partial charge in [-0.15, -0.1) is 5.92 Å². The minimum atomic E-state index is -0.800. The minimum absolute atomic E-state index is 0.137. The van der Waals surface area contributed by atoms with Crippen molar-refractivity contribution in [3.63, 3.8) is 0 Å². The summed E-state index contributed by atoms with van der Waals surface area (Å²) in [6.45, 7) is 1.83. The van der Waals surface area contributed by atoms with Gasteiger partial charge in [0, 0.05) is 5.41 Å². The van der Waals surface area contributed by atoms with Gasteiger partial charge in [0.1, 0.15) is 5.60 Å². The fourth-order valence-electron chi connectivity index (χ4n) is 5.26. The minimum Gasteiger partial charge on any atom is -0.378 e. The molecule has 0 spiro atoms. The van der Waals surface area contributed by atoms with Gasteiger partial charge in [-0.1, -0.05) is 60.5 Å². The van der Waals surface area contributed by atoms with Gasteiger partial charge in [-0.3, -0.25) is 0 Å². The van der Waals surface area contributed by atoms with Crippen molar-refractivity contribution >= 4 is 0 Å². The Bertz CT molecular complexity index is 813. The maximum atomic E-state index is 11.0. The van der Waals surface area contributed by atoms with E-state index in [-0.39, 0.29) is 5.41 Å². The van der Waals surface area contributed by atoms with Crippen LogP contribution in [-0.2, 0) is 18.3 Å². The van der Waals surface area contributed by atoms with Crippen LogP contribution in [-0.4, -0.2) is 10.7 Å². The van der Waals surface area contributed by atoms with Crippen LogP contribution in [0.15, 0.2) is 54.6 Å². The van der Waals surface area contributed by atoms with Crippen molar-refractivity contribution in [2.24, 2.45) is 5.92 Å². The number of aliphatic hydroxyl groups is 1. The van der Waals surface area contributed by atoms with Crippen LogP contribution in [0.3, 0.4) is 0 Å². The van der Waals surface area contributed by atoms with Crippen molar-refractivity contribution in [1.82, 2.24) is 0 Å². The maximum Gasteiger partial charge on any atom is 0.125 e. The molecule has 3 atom stereocenters. The molecule has 2 aromatic carbocycles. The molecule has 128 valence electrons. The van der Waals surface area contributed by atoms with Gasteiger partial charge in [0.25, 0.3) is 0 Å². The highest BCUT2D eigenvalue weighted by Crippen LogP contribution is 2.54. The van der Waals surface area contributed by atoms with E-state index in [1.165, 1.54) is 16.7 Å². The maximum absolute atomic E-state index is 11.0. The summed E-state index contributed by atoms with van der Waals surface area (Å²) >= 11 is 0. The highest BCUT2D eigenvalue weighted by atomic mass is 16.3. The molecule has 1 nitrogen and oxygen atoms in total. The lowest BCUT2D eigenvalue weighted by Crippen LogP contribution is -2.50. The Hall–Kier alpha value is -2.04. The van der Waals surface area contributed by atoms with Crippen LogP contribution in [0.1, 0.15) is 49.3 Å². The van der Waals surface area contributed by atoms with Crippen LogP contribution in [0.4, 0.5) is 0 Å². The summed E-state index contributed by atoms with van der Waals surface area (Å²) in [5.74, 6) is 6.55. The Balaban J connectivity index is 1.78. The lowest BCUT2D eigenvalue weighted by Gasteiger charge is -2.52. The lowest BCUT2D eigenvalue weighted by atomic mass is 9.53. The predicted molar refractivity (Wildman–Crippen MR) is 102 cm³/mol. The van der Waals surface area contributed by atoms with Crippen molar-refractivity contribution in [1.29, 1.82) is 0 Å². The molecule has 0 aliphatic heterocycles. The molecule has 1 heteroatoms. The first kappa shape index (κ1) is 16.4. The van der Waals surface area contributed by atoms with E-state index in [0.717, 1.165) is 38.5 Å². The summed E-state index contributed by atoms with van der Waals surface area (Å²) in [4.78, 5) is 0. The number of hydrogen-bond acceptors (Lipinski definition) is 1. The Morgan fingerprint density at radius 2 is 1.80 bits per heavy atom. The summed E-state index contributed by atoms with van der Waals surface area (Å²) < 4.78 is 0. The second-order valence-electron chi connectivity index (χ2n) is 7.82. The van der Waals surface area contributed by atoms with Crippen molar-refractivity contribution in [2.45, 2.75) is 56.5 Å². The third kappa shape index (κ3) is 2.90. The van der Waals surface area contributed by atoms with Gasteiger partial charge >= 0.3 is 0 Å². The van der Waals surface area contributed by atoms with E-state index in [4.69, 9.17) is 0 Å². The van der Waals surface area contributed by atoms with Gasteiger partial charge in [-0.2, -0.15) is 0 Å². The average Bonchev–Trinajstić information content (AvgIpc) is 2.63. The van der Waals surface area contributed by atoms with Gasteiger partial charge < -0.3 is 5.11 Å². The molecule has 0 radical (unpaired) electrons. The molecule has 25 heavy (non-hydrogen) atoms. The molecular formula is C24H26O.